The third-order valence-electron chi connectivity index (χ3n) is 4.68. The number of benzene rings is 1. The summed E-state index contributed by atoms with van der Waals surface area (Å²) in [7, 11) is 0. The summed E-state index contributed by atoms with van der Waals surface area (Å²) in [4.78, 5) is 0. The minimum atomic E-state index is -0.133. The summed E-state index contributed by atoms with van der Waals surface area (Å²) in [5.74, 6) is 0.499. The van der Waals surface area contributed by atoms with Crippen LogP contribution in [0.3, 0.4) is 0 Å². The maximum atomic E-state index is 12.9. The zero-order valence-corrected chi connectivity index (χ0v) is 12.3. The molecule has 19 heavy (non-hydrogen) atoms. The second-order valence-electron chi connectivity index (χ2n) is 5.90. The summed E-state index contributed by atoms with van der Waals surface area (Å²) in [6.07, 6.45) is 8.73. The summed E-state index contributed by atoms with van der Waals surface area (Å²) in [6, 6.07) is 8.43. The molecular weight excluding hydrogens is 257 g/mol. The number of halogens is 1. The first-order valence-electron chi connectivity index (χ1n) is 7.30. The Hall–Kier alpha value is -0.540. The van der Waals surface area contributed by atoms with E-state index in [1.54, 1.807) is 12.1 Å². The molecule has 0 saturated heterocycles. The van der Waals surface area contributed by atoms with Crippen molar-refractivity contribution in [2.24, 2.45) is 0 Å². The third-order valence-corrected chi connectivity index (χ3v) is 5.85. The number of hydrogen-bond acceptors (Lipinski definition) is 2. The molecule has 1 nitrogen and oxygen atoms in total. The molecule has 2 aliphatic carbocycles. The predicted molar refractivity (Wildman–Crippen MR) is 80.2 cm³/mol. The van der Waals surface area contributed by atoms with Gasteiger partial charge >= 0.3 is 0 Å². The molecule has 0 aromatic heterocycles. The van der Waals surface area contributed by atoms with E-state index in [1.807, 2.05) is 23.9 Å². The Balaban J connectivity index is 1.49. The van der Waals surface area contributed by atoms with Gasteiger partial charge in [0.15, 0.2) is 0 Å². The molecule has 2 unspecified atom stereocenters. The second-order valence-corrected chi connectivity index (χ2v) is 6.97. The van der Waals surface area contributed by atoms with Crippen LogP contribution in [0.5, 0.6) is 0 Å². The highest BCUT2D eigenvalue weighted by molar-refractivity contribution is 7.99. The summed E-state index contributed by atoms with van der Waals surface area (Å²) in [5, 5.41) is 4.64. The van der Waals surface area contributed by atoms with Crippen LogP contribution in [-0.4, -0.2) is 23.6 Å². The molecule has 1 aromatic carbocycles. The number of thioether (sulfide) groups is 1. The quantitative estimate of drug-likeness (QED) is 0.896. The molecule has 3 rings (SSSR count). The van der Waals surface area contributed by atoms with Crippen LogP contribution in [0, 0.1) is 5.82 Å². The van der Waals surface area contributed by atoms with Crippen LogP contribution in [0.15, 0.2) is 24.3 Å². The highest BCUT2D eigenvalue weighted by Gasteiger charge is 2.35. The molecule has 2 aliphatic rings. The van der Waals surface area contributed by atoms with Gasteiger partial charge in [0.2, 0.25) is 0 Å². The van der Waals surface area contributed by atoms with Crippen molar-refractivity contribution < 1.29 is 4.39 Å². The fraction of sp³-hybridized carbons (Fsp3) is 0.625. The highest BCUT2D eigenvalue weighted by Crippen LogP contribution is 2.38. The maximum absolute atomic E-state index is 12.9. The van der Waals surface area contributed by atoms with Crippen molar-refractivity contribution >= 4 is 11.8 Å². The standard InChI is InChI=1S/C16H22FNS/c1-19-16-4-2-3-15(16)18-14-9-12(10-14)11-5-7-13(17)8-6-11/h5-8,12,14-16,18H,2-4,9-10H2,1H3. The molecule has 0 aliphatic heterocycles. The molecule has 2 saturated carbocycles. The van der Waals surface area contributed by atoms with Crippen molar-refractivity contribution in [3.05, 3.63) is 35.6 Å². The Bertz CT molecular complexity index is 413. The van der Waals surface area contributed by atoms with E-state index < -0.39 is 0 Å². The first-order valence-corrected chi connectivity index (χ1v) is 8.59. The zero-order valence-electron chi connectivity index (χ0n) is 11.4. The fourth-order valence-corrected chi connectivity index (χ4v) is 4.41. The van der Waals surface area contributed by atoms with Crippen molar-refractivity contribution in [2.75, 3.05) is 6.26 Å². The minimum Gasteiger partial charge on any atom is -0.310 e. The Kier molecular flexibility index (Phi) is 4.13. The van der Waals surface area contributed by atoms with Gasteiger partial charge in [-0.05, 0) is 55.6 Å². The van der Waals surface area contributed by atoms with Gasteiger partial charge in [0.05, 0.1) is 0 Å². The largest absolute Gasteiger partial charge is 0.310 e. The van der Waals surface area contributed by atoms with E-state index in [0.29, 0.717) is 18.0 Å². The Morgan fingerprint density at radius 3 is 2.58 bits per heavy atom. The number of hydrogen-bond donors (Lipinski definition) is 1. The molecule has 1 aromatic rings. The molecule has 0 bridgehead atoms. The minimum absolute atomic E-state index is 0.133. The first kappa shape index (κ1) is 13.4. The molecule has 3 heteroatoms. The highest BCUT2D eigenvalue weighted by atomic mass is 32.2. The number of rotatable bonds is 4. The molecule has 0 spiro atoms. The van der Waals surface area contributed by atoms with Crippen LogP contribution in [0.1, 0.15) is 43.6 Å². The molecule has 0 amide bonds. The van der Waals surface area contributed by atoms with E-state index in [0.717, 1.165) is 5.25 Å². The fourth-order valence-electron chi connectivity index (χ4n) is 3.46. The van der Waals surface area contributed by atoms with E-state index in [1.165, 1.54) is 37.7 Å². The van der Waals surface area contributed by atoms with Gasteiger partial charge in [-0.2, -0.15) is 11.8 Å². The smallest absolute Gasteiger partial charge is 0.123 e. The lowest BCUT2D eigenvalue weighted by atomic mass is 9.75. The summed E-state index contributed by atoms with van der Waals surface area (Å²) >= 11 is 2.01. The van der Waals surface area contributed by atoms with Crippen LogP contribution >= 0.6 is 11.8 Å². The van der Waals surface area contributed by atoms with Crippen LogP contribution in [-0.2, 0) is 0 Å². The molecular formula is C16H22FNS. The lowest BCUT2D eigenvalue weighted by Gasteiger charge is -2.39. The van der Waals surface area contributed by atoms with Gasteiger partial charge in [-0.1, -0.05) is 18.6 Å². The monoisotopic (exact) mass is 279 g/mol. The summed E-state index contributed by atoms with van der Waals surface area (Å²) < 4.78 is 12.9. The average molecular weight is 279 g/mol. The first-order chi connectivity index (χ1) is 9.26. The SMILES string of the molecule is CSC1CCCC1NC1CC(c2ccc(F)cc2)C1. The van der Waals surface area contributed by atoms with E-state index in [-0.39, 0.29) is 5.82 Å². The van der Waals surface area contributed by atoms with Crippen LogP contribution in [0.25, 0.3) is 0 Å². The van der Waals surface area contributed by atoms with Gasteiger partial charge < -0.3 is 5.32 Å². The third kappa shape index (κ3) is 2.97. The molecule has 0 radical (unpaired) electrons. The lowest BCUT2D eigenvalue weighted by molar-refractivity contribution is 0.266. The summed E-state index contributed by atoms with van der Waals surface area (Å²) in [6.45, 7) is 0. The van der Waals surface area contributed by atoms with Gasteiger partial charge in [-0.15, -0.1) is 0 Å². The van der Waals surface area contributed by atoms with Crippen LogP contribution in [0.2, 0.25) is 0 Å². The lowest BCUT2D eigenvalue weighted by Crippen LogP contribution is -2.47. The second kappa shape index (κ2) is 5.84. The topological polar surface area (TPSA) is 12.0 Å². The van der Waals surface area contributed by atoms with Crippen LogP contribution < -0.4 is 5.32 Å². The zero-order chi connectivity index (χ0) is 13.2. The average Bonchev–Trinajstić information content (AvgIpc) is 2.82. The molecule has 0 heterocycles. The Morgan fingerprint density at radius 1 is 1.16 bits per heavy atom. The predicted octanol–water partition coefficient (Wildman–Crippen LogP) is 3.95. The van der Waals surface area contributed by atoms with Crippen molar-refractivity contribution in [1.29, 1.82) is 0 Å². The molecule has 2 atom stereocenters. The normalized spacial score (nSPS) is 34.2. The van der Waals surface area contributed by atoms with E-state index in [4.69, 9.17) is 0 Å². The maximum Gasteiger partial charge on any atom is 0.123 e. The van der Waals surface area contributed by atoms with E-state index in [9.17, 15) is 4.39 Å². The molecule has 104 valence electrons. The van der Waals surface area contributed by atoms with Gasteiger partial charge in [-0.25, -0.2) is 4.39 Å². The van der Waals surface area contributed by atoms with Gasteiger partial charge in [0.1, 0.15) is 5.82 Å². The van der Waals surface area contributed by atoms with Gasteiger partial charge in [0.25, 0.3) is 0 Å². The van der Waals surface area contributed by atoms with Crippen LogP contribution in [0.4, 0.5) is 4.39 Å². The van der Waals surface area contributed by atoms with Gasteiger partial charge in [-0.3, -0.25) is 0 Å². The molecule has 1 N–H and O–H groups in total. The van der Waals surface area contributed by atoms with E-state index >= 15 is 0 Å². The molecule has 2 fully saturated rings. The van der Waals surface area contributed by atoms with Crippen molar-refractivity contribution in [3.63, 3.8) is 0 Å². The van der Waals surface area contributed by atoms with E-state index in [2.05, 4.69) is 11.6 Å². The Morgan fingerprint density at radius 2 is 1.89 bits per heavy atom. The Labute approximate surface area is 119 Å². The summed E-state index contributed by atoms with van der Waals surface area (Å²) in [5.41, 5.74) is 1.30. The van der Waals surface area contributed by atoms with Crippen molar-refractivity contribution in [2.45, 2.75) is 55.4 Å². The van der Waals surface area contributed by atoms with Crippen molar-refractivity contribution in [1.82, 2.24) is 5.32 Å². The van der Waals surface area contributed by atoms with Crippen molar-refractivity contribution in [3.8, 4) is 0 Å². The van der Waals surface area contributed by atoms with Gasteiger partial charge in [0, 0.05) is 17.3 Å². The number of nitrogens with one attached hydrogen (secondary N) is 1.